The molecule has 1 fully saturated rings. The molecule has 0 saturated carbocycles. The summed E-state index contributed by atoms with van der Waals surface area (Å²) in [5.74, 6) is 0.172. The first kappa shape index (κ1) is 9.03. The fourth-order valence-electron chi connectivity index (χ4n) is 1.40. The van der Waals surface area contributed by atoms with Crippen LogP contribution in [0.3, 0.4) is 0 Å². The highest BCUT2D eigenvalue weighted by molar-refractivity contribution is 5.79. The second-order valence-corrected chi connectivity index (χ2v) is 3.15. The predicted molar refractivity (Wildman–Crippen MR) is 43.1 cm³/mol. The summed E-state index contributed by atoms with van der Waals surface area (Å²) in [7, 11) is 0. The third-order valence-corrected chi connectivity index (χ3v) is 2.25. The van der Waals surface area contributed by atoms with Crippen LogP contribution in [0.4, 0.5) is 4.79 Å². The Balaban J connectivity index is 2.62. The Hall–Kier alpha value is -1.06. The van der Waals surface area contributed by atoms with Crippen molar-refractivity contribution in [2.45, 2.75) is 32.2 Å². The van der Waals surface area contributed by atoms with E-state index < -0.39 is 6.09 Å². The number of carboxylic acid groups (broad SMARTS) is 1. The molecule has 1 N–H and O–H groups in total. The number of carbonyl (C=O) groups is 2. The van der Waals surface area contributed by atoms with Gasteiger partial charge in [0, 0.05) is 25.4 Å². The maximum atomic E-state index is 11.0. The molecular weight excluding hydrogens is 158 g/mol. The number of hydrogen-bond donors (Lipinski definition) is 1. The summed E-state index contributed by atoms with van der Waals surface area (Å²) >= 11 is 0. The first-order valence-electron chi connectivity index (χ1n) is 4.12. The largest absolute Gasteiger partial charge is 0.465 e. The fraction of sp³-hybridized carbons (Fsp3) is 0.750. The molecule has 0 aromatic rings. The molecule has 1 aliphatic heterocycles. The summed E-state index contributed by atoms with van der Waals surface area (Å²) in [5.41, 5.74) is 0. The third kappa shape index (κ3) is 1.96. The van der Waals surface area contributed by atoms with Crippen LogP contribution in [0.25, 0.3) is 0 Å². The van der Waals surface area contributed by atoms with Crippen LogP contribution >= 0.6 is 0 Å². The van der Waals surface area contributed by atoms with Gasteiger partial charge in [0.05, 0.1) is 0 Å². The van der Waals surface area contributed by atoms with Crippen LogP contribution in [-0.2, 0) is 4.79 Å². The molecule has 0 bridgehead atoms. The van der Waals surface area contributed by atoms with E-state index in [9.17, 15) is 9.59 Å². The molecule has 0 aromatic heterocycles. The van der Waals surface area contributed by atoms with E-state index >= 15 is 0 Å². The molecule has 0 radical (unpaired) electrons. The van der Waals surface area contributed by atoms with Crippen LogP contribution in [0.5, 0.6) is 0 Å². The number of likely N-dealkylation sites (tertiary alicyclic amines) is 1. The summed E-state index contributed by atoms with van der Waals surface area (Å²) in [6.07, 6.45) is 0.629. The molecule has 1 rings (SSSR count). The number of carbonyl (C=O) groups excluding carboxylic acids is 1. The zero-order valence-corrected chi connectivity index (χ0v) is 7.12. The van der Waals surface area contributed by atoms with Gasteiger partial charge in [0.2, 0.25) is 0 Å². The summed E-state index contributed by atoms with van der Waals surface area (Å²) in [6.45, 7) is 2.20. The minimum Gasteiger partial charge on any atom is -0.465 e. The molecule has 4 nitrogen and oxygen atoms in total. The average Bonchev–Trinajstić information content (AvgIpc) is 2.14. The summed E-state index contributed by atoms with van der Waals surface area (Å²) < 4.78 is 0. The number of nitrogens with zero attached hydrogens (tertiary/aromatic N) is 1. The number of amides is 1. The Bertz CT molecular complexity index is 202. The van der Waals surface area contributed by atoms with Crippen molar-refractivity contribution in [1.29, 1.82) is 0 Å². The number of hydrogen-bond acceptors (Lipinski definition) is 2. The number of rotatable bonds is 0. The molecule has 0 aliphatic carbocycles. The average molecular weight is 171 g/mol. The minimum absolute atomic E-state index is 0.0195. The summed E-state index contributed by atoms with van der Waals surface area (Å²) in [4.78, 5) is 23.0. The van der Waals surface area contributed by atoms with E-state index in [1.54, 1.807) is 0 Å². The van der Waals surface area contributed by atoms with Crippen molar-refractivity contribution in [3.05, 3.63) is 0 Å². The van der Waals surface area contributed by atoms with Gasteiger partial charge in [0.25, 0.3) is 0 Å². The Morgan fingerprint density at radius 2 is 2.25 bits per heavy atom. The van der Waals surface area contributed by atoms with Crippen LogP contribution in [0.2, 0.25) is 0 Å². The SMILES string of the molecule is C[C@@H]1CCC(=O)CCN1C(=O)O. The van der Waals surface area contributed by atoms with Crippen molar-refractivity contribution in [3.63, 3.8) is 0 Å². The van der Waals surface area contributed by atoms with E-state index in [1.807, 2.05) is 6.92 Å². The van der Waals surface area contributed by atoms with Gasteiger partial charge in [-0.3, -0.25) is 4.79 Å². The van der Waals surface area contributed by atoms with Gasteiger partial charge in [-0.1, -0.05) is 0 Å². The van der Waals surface area contributed by atoms with Gasteiger partial charge >= 0.3 is 6.09 Å². The molecule has 0 aromatic carbocycles. The Kier molecular flexibility index (Phi) is 2.68. The van der Waals surface area contributed by atoms with Crippen molar-refractivity contribution in [1.82, 2.24) is 4.90 Å². The molecular formula is C8H13NO3. The van der Waals surface area contributed by atoms with E-state index in [-0.39, 0.29) is 11.8 Å². The first-order valence-corrected chi connectivity index (χ1v) is 4.12. The highest BCUT2D eigenvalue weighted by Crippen LogP contribution is 2.13. The van der Waals surface area contributed by atoms with Crippen LogP contribution in [0.15, 0.2) is 0 Å². The molecule has 0 spiro atoms. The normalized spacial score (nSPS) is 25.2. The van der Waals surface area contributed by atoms with Gasteiger partial charge in [0.1, 0.15) is 5.78 Å². The van der Waals surface area contributed by atoms with Crippen LogP contribution < -0.4 is 0 Å². The molecule has 12 heavy (non-hydrogen) atoms. The molecule has 1 heterocycles. The highest BCUT2D eigenvalue weighted by Gasteiger charge is 2.23. The lowest BCUT2D eigenvalue weighted by atomic mass is 10.1. The van der Waals surface area contributed by atoms with Gasteiger partial charge in [0.15, 0.2) is 0 Å². The monoisotopic (exact) mass is 171 g/mol. The lowest BCUT2D eigenvalue weighted by molar-refractivity contribution is -0.118. The lowest BCUT2D eigenvalue weighted by Gasteiger charge is -2.22. The van der Waals surface area contributed by atoms with E-state index in [2.05, 4.69) is 0 Å². The highest BCUT2D eigenvalue weighted by atomic mass is 16.4. The summed E-state index contributed by atoms with van der Waals surface area (Å²) in [5, 5.41) is 8.73. The zero-order valence-electron chi connectivity index (χ0n) is 7.12. The molecule has 1 aliphatic rings. The maximum absolute atomic E-state index is 11.0. The predicted octanol–water partition coefficient (Wildman–Crippen LogP) is 1.11. The summed E-state index contributed by atoms with van der Waals surface area (Å²) in [6, 6.07) is -0.0195. The van der Waals surface area contributed by atoms with Crippen molar-refractivity contribution >= 4 is 11.9 Å². The standard InChI is InChI=1S/C8H13NO3/c1-6-2-3-7(10)4-5-9(6)8(11)12/h6H,2-5H2,1H3,(H,11,12)/t6-/m1/s1. The maximum Gasteiger partial charge on any atom is 0.407 e. The Morgan fingerprint density at radius 1 is 1.58 bits per heavy atom. The smallest absolute Gasteiger partial charge is 0.407 e. The van der Waals surface area contributed by atoms with Crippen molar-refractivity contribution in [2.24, 2.45) is 0 Å². The lowest BCUT2D eigenvalue weighted by Crippen LogP contribution is -2.37. The van der Waals surface area contributed by atoms with Gasteiger partial charge in [-0.05, 0) is 13.3 Å². The van der Waals surface area contributed by atoms with Crippen LogP contribution in [0.1, 0.15) is 26.2 Å². The minimum atomic E-state index is -0.919. The fourth-order valence-corrected chi connectivity index (χ4v) is 1.40. The molecule has 4 heteroatoms. The number of ketones is 1. The van der Waals surface area contributed by atoms with E-state index in [0.717, 1.165) is 0 Å². The van der Waals surface area contributed by atoms with E-state index in [0.29, 0.717) is 25.8 Å². The molecule has 0 unspecified atom stereocenters. The van der Waals surface area contributed by atoms with Gasteiger partial charge in [-0.15, -0.1) is 0 Å². The topological polar surface area (TPSA) is 57.6 Å². The van der Waals surface area contributed by atoms with E-state index in [4.69, 9.17) is 5.11 Å². The van der Waals surface area contributed by atoms with Crippen molar-refractivity contribution < 1.29 is 14.7 Å². The third-order valence-electron chi connectivity index (χ3n) is 2.25. The van der Waals surface area contributed by atoms with Crippen LogP contribution in [0, 0.1) is 0 Å². The Morgan fingerprint density at radius 3 is 2.83 bits per heavy atom. The van der Waals surface area contributed by atoms with Gasteiger partial charge < -0.3 is 10.0 Å². The van der Waals surface area contributed by atoms with E-state index in [1.165, 1.54) is 4.90 Å². The second-order valence-electron chi connectivity index (χ2n) is 3.15. The molecule has 1 saturated heterocycles. The number of Topliss-reactive ketones (excluding diaryl/α,β-unsaturated/α-hetero) is 1. The zero-order chi connectivity index (χ0) is 9.14. The van der Waals surface area contributed by atoms with Gasteiger partial charge in [-0.25, -0.2) is 4.79 Å². The molecule has 1 atom stereocenters. The molecule has 68 valence electrons. The van der Waals surface area contributed by atoms with Crippen LogP contribution in [-0.4, -0.2) is 34.5 Å². The first-order chi connectivity index (χ1) is 5.61. The van der Waals surface area contributed by atoms with Crippen molar-refractivity contribution in [2.75, 3.05) is 6.54 Å². The Labute approximate surface area is 71.2 Å². The quantitative estimate of drug-likeness (QED) is 0.594. The van der Waals surface area contributed by atoms with Gasteiger partial charge in [-0.2, -0.15) is 0 Å². The van der Waals surface area contributed by atoms with Crippen molar-refractivity contribution in [3.8, 4) is 0 Å². The second kappa shape index (κ2) is 3.56. The molecule has 1 amide bonds.